The third-order valence-electron chi connectivity index (χ3n) is 20.1. The van der Waals surface area contributed by atoms with Crippen LogP contribution in [0.15, 0.2) is 284 Å². The molecule has 20 rings (SSSR count). The van der Waals surface area contributed by atoms with Gasteiger partial charge in [0.05, 0.1) is 34.1 Å². The number of nitrogens with zero attached hydrogens (tertiary/aromatic N) is 10. The lowest BCUT2D eigenvalue weighted by atomic mass is 10.0. The largest absolute Gasteiger partial charge is 0.455 e. The van der Waals surface area contributed by atoms with Crippen molar-refractivity contribution in [2.75, 3.05) is 0 Å². The molecule has 0 atom stereocenters. The van der Waals surface area contributed by atoms with E-state index in [1.807, 2.05) is 143 Å². The summed E-state index contributed by atoms with van der Waals surface area (Å²) < 4.78 is 41.1. The van der Waals surface area contributed by atoms with E-state index in [1.54, 1.807) is 18.6 Å². The van der Waals surface area contributed by atoms with Crippen LogP contribution < -0.4 is 22.8 Å². The van der Waals surface area contributed by atoms with Gasteiger partial charge in [0.1, 0.15) is 68.6 Å². The quantitative estimate of drug-likeness (QED) is 0.152. The van der Waals surface area contributed by atoms with E-state index in [0.717, 1.165) is 172 Å². The molecule has 0 spiro atoms. The average Bonchev–Trinajstić information content (AvgIpc) is 1.67. The van der Waals surface area contributed by atoms with Gasteiger partial charge in [0.25, 0.3) is 0 Å². The molecule has 0 aliphatic rings. The molecule has 0 bridgehead atoms. The minimum Gasteiger partial charge on any atom is -0.455 e. The van der Waals surface area contributed by atoms with Gasteiger partial charge >= 0.3 is 0 Å². The van der Waals surface area contributed by atoms with Crippen LogP contribution in [0, 0.1) is 48.5 Å². The highest BCUT2D eigenvalue weighted by molar-refractivity contribution is 6.12. The Hall–Kier alpha value is -13.4. The Kier molecular flexibility index (Phi) is 18.0. The lowest BCUT2D eigenvalue weighted by molar-refractivity contribution is -0.660. The molecule has 20 aromatic rings. The van der Waals surface area contributed by atoms with E-state index in [-0.39, 0.29) is 0 Å². The van der Waals surface area contributed by atoms with Crippen LogP contribution in [0.1, 0.15) is 39.1 Å². The van der Waals surface area contributed by atoms with Crippen LogP contribution in [-0.4, -0.2) is 24.9 Å². The van der Waals surface area contributed by atoms with Crippen molar-refractivity contribution in [2.24, 2.45) is 35.2 Å². The predicted molar refractivity (Wildman–Crippen MR) is 424 cm³/mol. The van der Waals surface area contributed by atoms with Gasteiger partial charge in [0.15, 0.2) is 64.5 Å². The Morgan fingerprint density at radius 1 is 0.262 bits per heavy atom. The van der Waals surface area contributed by atoms with Gasteiger partial charge < -0.3 is 22.1 Å². The minimum absolute atomic E-state index is 0.694. The zero-order valence-electron chi connectivity index (χ0n) is 61.8. The maximum absolute atomic E-state index is 6.13. The van der Waals surface area contributed by atoms with Crippen LogP contribution in [0.3, 0.4) is 0 Å². The molecule has 15 heterocycles. The highest BCUT2D eigenvalue weighted by atomic mass is 16.3. The maximum atomic E-state index is 6.13. The monoisotopic (exact) mass is 1400 g/mol. The third-order valence-corrected chi connectivity index (χ3v) is 20.1. The molecule has 0 aliphatic carbocycles. The smallest absolute Gasteiger partial charge is 0.227 e. The first-order chi connectivity index (χ1) is 52.1. The van der Waals surface area contributed by atoms with Crippen molar-refractivity contribution in [2.45, 2.75) is 48.5 Å². The molecule has 0 N–H and O–H groups in total. The van der Waals surface area contributed by atoms with E-state index < -0.39 is 0 Å². The number of hydrogen-bond donors (Lipinski definition) is 0. The number of rotatable bonds is 5. The summed E-state index contributed by atoms with van der Waals surface area (Å²) >= 11 is 0. The van der Waals surface area contributed by atoms with E-state index in [4.69, 9.17) is 22.1 Å². The van der Waals surface area contributed by atoms with Crippen molar-refractivity contribution in [1.29, 1.82) is 0 Å². The number of hydrogen-bond acceptors (Lipinski definition) is 10. The molecular weight excluding hydrogens is 1330 g/mol. The van der Waals surface area contributed by atoms with Crippen LogP contribution >= 0.6 is 0 Å². The molecule has 0 saturated carbocycles. The van der Waals surface area contributed by atoms with Gasteiger partial charge in [-0.25, -0.2) is 27.8 Å². The molecular formula is C92H79N10O5+5. The first-order valence-corrected chi connectivity index (χ1v) is 35.7. The Balaban J connectivity index is 0.000000102. The number of benzene rings is 5. The average molecular weight is 1400 g/mol. The third kappa shape index (κ3) is 12.6. The molecule has 0 aliphatic heterocycles. The summed E-state index contributed by atoms with van der Waals surface area (Å²) in [4.78, 5) is 22.1. The van der Waals surface area contributed by atoms with Gasteiger partial charge in [0, 0.05) is 134 Å². The van der Waals surface area contributed by atoms with Gasteiger partial charge in [-0.1, -0.05) is 60.7 Å². The lowest BCUT2D eigenvalue weighted by Crippen LogP contribution is -2.31. The Morgan fingerprint density at radius 3 is 1.33 bits per heavy atom. The zero-order valence-corrected chi connectivity index (χ0v) is 61.8. The molecule has 5 aromatic carbocycles. The van der Waals surface area contributed by atoms with Crippen molar-refractivity contribution in [3.8, 4) is 56.3 Å². The normalized spacial score (nSPS) is 11.4. The van der Waals surface area contributed by atoms with E-state index in [9.17, 15) is 0 Å². The SMILES string of the molecule is Cc1ccc(-c2c(C)ccc3c2oc2cnccc23)[n+](C)c1.Cc1ccc(-c2c(C)ccc3c2oc2ncccc23)[n+](C)c1.Cc1ccc2c(oc3cccnc32)c1-c1cccc[n+]1C.Cc1cnc2c(oc3ccccc32)c1-c1cccc[n+]1C.Cc1ncc2c(oc3ccccc32)c1-c1cccc[n+]1C. The summed E-state index contributed by atoms with van der Waals surface area (Å²) in [6, 6.07) is 65.9. The Bertz CT molecular complexity index is 6290. The van der Waals surface area contributed by atoms with Gasteiger partial charge in [0.2, 0.25) is 34.2 Å². The molecule has 0 fully saturated rings. The number of fused-ring (bicyclic) bond motifs is 15. The fourth-order valence-corrected chi connectivity index (χ4v) is 14.8. The number of pyridine rings is 10. The van der Waals surface area contributed by atoms with Gasteiger partial charge in [-0.15, -0.1) is 0 Å². The van der Waals surface area contributed by atoms with Gasteiger partial charge in [-0.2, -0.15) is 0 Å². The van der Waals surface area contributed by atoms with Gasteiger partial charge in [-0.05, 0) is 156 Å². The van der Waals surface area contributed by atoms with E-state index in [1.165, 1.54) is 27.8 Å². The van der Waals surface area contributed by atoms with Crippen LogP contribution in [0.25, 0.3) is 166 Å². The lowest BCUT2D eigenvalue weighted by Gasteiger charge is -2.05. The van der Waals surface area contributed by atoms with E-state index in [0.29, 0.717) is 5.71 Å². The molecule has 15 heteroatoms. The van der Waals surface area contributed by atoms with Crippen molar-refractivity contribution in [3.63, 3.8) is 0 Å². The highest BCUT2D eigenvalue weighted by Gasteiger charge is 2.27. The molecule has 0 unspecified atom stereocenters. The van der Waals surface area contributed by atoms with Crippen LogP contribution in [0.4, 0.5) is 0 Å². The Morgan fingerprint density at radius 2 is 0.710 bits per heavy atom. The summed E-state index contributed by atoms with van der Waals surface area (Å²) in [5.74, 6) is 0. The predicted octanol–water partition coefficient (Wildman–Crippen LogP) is 19.5. The first-order valence-electron chi connectivity index (χ1n) is 35.7. The van der Waals surface area contributed by atoms with Crippen molar-refractivity contribution in [3.05, 3.63) is 301 Å². The first kappa shape index (κ1) is 68.1. The standard InChI is InChI=1S/2C19H17N2O.3C18H15N2O/c1-12-4-7-16(21(3)11-12)18-13(2)5-6-15-14-8-9-20-10-17(14)22-19(15)18;1-12-6-9-16(21(3)11-12)17-13(2)7-8-14-15-5-4-10-20-19(15)22-18(14)17;1-12-17(15-8-5-6-10-20(15)2)18-14(11-19-12)13-7-3-4-9-16(13)21-18;1-12-11-19-17-13-7-3-4-9-15(13)21-18(17)16(12)14-8-5-6-10-20(14)2;1-12-8-9-13-17-15(7-5-10-19-17)21-18(13)16(12)14-6-3-4-11-20(14)2/h2*4-11H,1-3H3;3*3-11H,1-2H3/q5*+1. The summed E-state index contributed by atoms with van der Waals surface area (Å²) in [7, 11) is 10.3. The van der Waals surface area contributed by atoms with Crippen LogP contribution in [0.5, 0.6) is 0 Å². The number of para-hydroxylation sites is 2. The van der Waals surface area contributed by atoms with Crippen LogP contribution in [-0.2, 0) is 35.2 Å². The van der Waals surface area contributed by atoms with E-state index in [2.05, 4.69) is 232 Å². The van der Waals surface area contributed by atoms with E-state index >= 15 is 0 Å². The van der Waals surface area contributed by atoms with Crippen molar-refractivity contribution in [1.82, 2.24) is 24.9 Å². The topological polar surface area (TPSA) is 150 Å². The van der Waals surface area contributed by atoms with Crippen molar-refractivity contribution < 1.29 is 44.9 Å². The summed E-state index contributed by atoms with van der Waals surface area (Å²) in [6.45, 7) is 14.7. The van der Waals surface area contributed by atoms with Crippen LogP contribution in [0.2, 0.25) is 0 Å². The second kappa shape index (κ2) is 28.3. The molecule has 0 amide bonds. The number of aryl methyl sites for hydroxylation is 12. The molecule has 107 heavy (non-hydrogen) atoms. The van der Waals surface area contributed by atoms with Gasteiger partial charge in [-0.3, -0.25) is 19.9 Å². The second-order valence-corrected chi connectivity index (χ2v) is 27.4. The molecule has 522 valence electrons. The summed E-state index contributed by atoms with van der Waals surface area (Å²) in [5.41, 5.74) is 29.9. The maximum Gasteiger partial charge on any atom is 0.227 e. The summed E-state index contributed by atoms with van der Waals surface area (Å²) in [6.07, 6.45) is 21.4. The highest BCUT2D eigenvalue weighted by Crippen LogP contribution is 2.41. The second-order valence-electron chi connectivity index (χ2n) is 27.4. The Labute approximate surface area is 617 Å². The molecule has 15 aromatic heterocycles. The zero-order chi connectivity index (χ0) is 73.7. The van der Waals surface area contributed by atoms with Crippen molar-refractivity contribution >= 4 is 110 Å². The molecule has 0 radical (unpaired) electrons. The fourth-order valence-electron chi connectivity index (χ4n) is 14.8. The number of furan rings is 5. The summed E-state index contributed by atoms with van der Waals surface area (Å²) in [5, 5.41) is 8.73. The minimum atomic E-state index is 0.694. The molecule has 0 saturated heterocycles. The molecule has 15 nitrogen and oxygen atoms in total. The number of aromatic nitrogens is 10. The fraction of sp³-hybridized carbons (Fsp3) is 0.130.